The van der Waals surface area contributed by atoms with E-state index in [1.807, 2.05) is 0 Å². The SMILES string of the molecule is CCCCC/C=C\C/C=C\CCCCCCCCCCCC(=O)OC[C@H](COC(=O)CCCCCCCCCCCCC)OC(=O)CCCCCCCCCCC/C=C\C/C=C\CCCCC. The highest BCUT2D eigenvalue weighted by atomic mass is 16.6. The molecule has 1 atom stereocenters. The Morgan fingerprint density at radius 2 is 0.537 bits per heavy atom. The van der Waals surface area contributed by atoms with Gasteiger partial charge in [0.15, 0.2) is 6.10 Å². The molecule has 0 saturated carbocycles. The number of unbranched alkanes of at least 4 members (excludes halogenated alkanes) is 34. The molecule has 390 valence electrons. The molecule has 0 fully saturated rings. The third kappa shape index (κ3) is 54.2. The van der Waals surface area contributed by atoms with Crippen LogP contribution in [0.1, 0.15) is 303 Å². The van der Waals surface area contributed by atoms with E-state index in [4.69, 9.17) is 14.2 Å². The summed E-state index contributed by atoms with van der Waals surface area (Å²) in [5, 5.41) is 0. The zero-order chi connectivity index (χ0) is 48.6. The highest BCUT2D eigenvalue weighted by molar-refractivity contribution is 5.71. The van der Waals surface area contributed by atoms with Crippen molar-refractivity contribution in [3.63, 3.8) is 0 Å². The van der Waals surface area contributed by atoms with Crippen molar-refractivity contribution in [3.8, 4) is 0 Å². The van der Waals surface area contributed by atoms with E-state index < -0.39 is 6.10 Å². The Bertz CT molecular complexity index is 1170. The number of rotatable bonds is 53. The van der Waals surface area contributed by atoms with Gasteiger partial charge in [0.25, 0.3) is 0 Å². The van der Waals surface area contributed by atoms with Gasteiger partial charge in [-0.05, 0) is 83.5 Å². The zero-order valence-electron chi connectivity index (χ0n) is 44.7. The van der Waals surface area contributed by atoms with Crippen molar-refractivity contribution in [2.45, 2.75) is 309 Å². The molecule has 0 bridgehead atoms. The first-order chi connectivity index (χ1) is 33.0. The maximum absolute atomic E-state index is 12.9. The lowest BCUT2D eigenvalue weighted by Crippen LogP contribution is -2.30. The smallest absolute Gasteiger partial charge is 0.306 e. The van der Waals surface area contributed by atoms with Crippen LogP contribution in [0.2, 0.25) is 0 Å². The number of hydrogen-bond donors (Lipinski definition) is 0. The second-order valence-corrected chi connectivity index (χ2v) is 19.6. The Morgan fingerprint density at radius 1 is 0.299 bits per heavy atom. The predicted molar refractivity (Wildman–Crippen MR) is 289 cm³/mol. The number of esters is 3. The van der Waals surface area contributed by atoms with Gasteiger partial charge in [-0.3, -0.25) is 14.4 Å². The van der Waals surface area contributed by atoms with E-state index in [9.17, 15) is 14.4 Å². The summed E-state index contributed by atoms with van der Waals surface area (Å²) in [7, 11) is 0. The number of carbonyl (C=O) groups excluding carboxylic acids is 3. The first-order valence-electron chi connectivity index (χ1n) is 29.1. The highest BCUT2D eigenvalue weighted by Gasteiger charge is 2.19. The van der Waals surface area contributed by atoms with Gasteiger partial charge in [-0.1, -0.05) is 249 Å². The summed E-state index contributed by atoms with van der Waals surface area (Å²) in [6, 6.07) is 0. The fourth-order valence-electron chi connectivity index (χ4n) is 8.39. The molecule has 0 spiro atoms. The molecule has 6 heteroatoms. The second kappa shape index (κ2) is 56.0. The van der Waals surface area contributed by atoms with Gasteiger partial charge in [-0.25, -0.2) is 0 Å². The standard InChI is InChI=1S/C61H110O6/c1-4-7-10-13-16-19-22-24-26-28-30-32-34-36-39-42-45-48-51-54-60(63)66-57-58(56-65-59(62)53-50-47-44-41-38-21-18-15-12-9-6-3)67-61(64)55-52-49-46-43-40-37-35-33-31-29-27-25-23-20-17-14-11-8-5-2/h16-17,19-20,24-27,58H,4-15,18,21-23,28-57H2,1-3H3/b19-16-,20-17-,26-24-,27-25-/t58-/m0/s1. The summed E-state index contributed by atoms with van der Waals surface area (Å²) in [6.45, 7) is 6.61. The van der Waals surface area contributed by atoms with Crippen LogP contribution in [-0.2, 0) is 28.6 Å². The Kier molecular flexibility index (Phi) is 53.8. The topological polar surface area (TPSA) is 78.9 Å². The van der Waals surface area contributed by atoms with Gasteiger partial charge in [-0.2, -0.15) is 0 Å². The Labute approximate surface area is 416 Å². The molecule has 0 aliphatic rings. The van der Waals surface area contributed by atoms with Crippen molar-refractivity contribution in [3.05, 3.63) is 48.6 Å². The van der Waals surface area contributed by atoms with Gasteiger partial charge in [0.1, 0.15) is 13.2 Å². The molecule has 0 aliphatic carbocycles. The third-order valence-electron chi connectivity index (χ3n) is 12.8. The maximum Gasteiger partial charge on any atom is 0.306 e. The molecule has 0 N–H and O–H groups in total. The van der Waals surface area contributed by atoms with Crippen molar-refractivity contribution in [2.75, 3.05) is 13.2 Å². The molecule has 0 aromatic carbocycles. The van der Waals surface area contributed by atoms with Crippen LogP contribution in [0.5, 0.6) is 0 Å². The van der Waals surface area contributed by atoms with Gasteiger partial charge in [0.05, 0.1) is 0 Å². The summed E-state index contributed by atoms with van der Waals surface area (Å²) < 4.78 is 16.9. The van der Waals surface area contributed by atoms with Gasteiger partial charge in [-0.15, -0.1) is 0 Å². The predicted octanol–water partition coefficient (Wildman–Crippen LogP) is 19.4. The fourth-order valence-corrected chi connectivity index (χ4v) is 8.39. The summed E-state index contributed by atoms with van der Waals surface area (Å²) in [5.41, 5.74) is 0. The van der Waals surface area contributed by atoms with Crippen molar-refractivity contribution >= 4 is 17.9 Å². The average Bonchev–Trinajstić information content (AvgIpc) is 3.33. The van der Waals surface area contributed by atoms with Crippen LogP contribution >= 0.6 is 0 Å². The molecule has 0 aromatic heterocycles. The van der Waals surface area contributed by atoms with E-state index in [1.54, 1.807) is 0 Å². The van der Waals surface area contributed by atoms with E-state index in [0.717, 1.165) is 70.6 Å². The summed E-state index contributed by atoms with van der Waals surface area (Å²) in [5.74, 6) is -0.868. The molecular formula is C61H110O6. The third-order valence-corrected chi connectivity index (χ3v) is 12.8. The van der Waals surface area contributed by atoms with Crippen molar-refractivity contribution in [1.82, 2.24) is 0 Å². The highest BCUT2D eigenvalue weighted by Crippen LogP contribution is 2.16. The normalized spacial score (nSPS) is 12.3. The molecule has 0 heterocycles. The first kappa shape index (κ1) is 64.4. The van der Waals surface area contributed by atoms with Crippen LogP contribution in [0.25, 0.3) is 0 Å². The molecule has 0 amide bonds. The van der Waals surface area contributed by atoms with E-state index in [1.165, 1.54) is 193 Å². The monoisotopic (exact) mass is 939 g/mol. The summed E-state index contributed by atoms with van der Waals surface area (Å²) >= 11 is 0. The minimum Gasteiger partial charge on any atom is -0.462 e. The number of ether oxygens (including phenoxy) is 3. The lowest BCUT2D eigenvalue weighted by atomic mass is 10.1. The quantitative estimate of drug-likeness (QED) is 0.0262. The van der Waals surface area contributed by atoms with E-state index in [0.29, 0.717) is 19.3 Å². The lowest BCUT2D eigenvalue weighted by Gasteiger charge is -2.18. The van der Waals surface area contributed by atoms with Crippen LogP contribution in [0.15, 0.2) is 48.6 Å². The number of allylic oxidation sites excluding steroid dienone is 8. The Morgan fingerprint density at radius 3 is 0.851 bits per heavy atom. The average molecular weight is 940 g/mol. The molecule has 0 unspecified atom stereocenters. The minimum atomic E-state index is -0.774. The first-order valence-corrected chi connectivity index (χ1v) is 29.1. The summed E-state index contributed by atoms with van der Waals surface area (Å²) in [6.07, 6.45) is 68.1. The molecule has 0 rings (SSSR count). The van der Waals surface area contributed by atoms with Crippen LogP contribution in [-0.4, -0.2) is 37.2 Å². The number of carbonyl (C=O) groups is 3. The largest absolute Gasteiger partial charge is 0.462 e. The summed E-state index contributed by atoms with van der Waals surface area (Å²) in [4.78, 5) is 38.1. The fraction of sp³-hybridized carbons (Fsp3) is 0.820. The molecular weight excluding hydrogens is 829 g/mol. The maximum atomic E-state index is 12.9. The van der Waals surface area contributed by atoms with Crippen molar-refractivity contribution < 1.29 is 28.6 Å². The van der Waals surface area contributed by atoms with Crippen LogP contribution in [0.4, 0.5) is 0 Å². The van der Waals surface area contributed by atoms with Crippen LogP contribution in [0.3, 0.4) is 0 Å². The Balaban J connectivity index is 4.31. The molecule has 0 radical (unpaired) electrons. The van der Waals surface area contributed by atoms with Crippen LogP contribution < -0.4 is 0 Å². The van der Waals surface area contributed by atoms with Crippen molar-refractivity contribution in [2.24, 2.45) is 0 Å². The van der Waals surface area contributed by atoms with Gasteiger partial charge >= 0.3 is 17.9 Å². The number of hydrogen-bond acceptors (Lipinski definition) is 6. The van der Waals surface area contributed by atoms with E-state index >= 15 is 0 Å². The van der Waals surface area contributed by atoms with Gasteiger partial charge < -0.3 is 14.2 Å². The zero-order valence-corrected chi connectivity index (χ0v) is 44.7. The van der Waals surface area contributed by atoms with E-state index in [2.05, 4.69) is 69.4 Å². The second-order valence-electron chi connectivity index (χ2n) is 19.6. The molecule has 6 nitrogen and oxygen atoms in total. The van der Waals surface area contributed by atoms with Gasteiger partial charge in [0.2, 0.25) is 0 Å². The van der Waals surface area contributed by atoms with Crippen molar-refractivity contribution in [1.29, 1.82) is 0 Å². The van der Waals surface area contributed by atoms with Gasteiger partial charge in [0, 0.05) is 19.3 Å². The van der Waals surface area contributed by atoms with E-state index in [-0.39, 0.29) is 31.1 Å². The molecule has 67 heavy (non-hydrogen) atoms. The lowest BCUT2D eigenvalue weighted by molar-refractivity contribution is -0.167. The molecule has 0 aliphatic heterocycles. The molecule has 0 saturated heterocycles. The minimum absolute atomic E-state index is 0.0732. The molecule has 0 aromatic rings. The Hall–Kier alpha value is -2.63. The van der Waals surface area contributed by atoms with Crippen LogP contribution in [0, 0.1) is 0 Å².